The molecule has 5 rings (SSSR count). The van der Waals surface area contributed by atoms with E-state index in [9.17, 15) is 4.39 Å². The van der Waals surface area contributed by atoms with E-state index in [1.54, 1.807) is 31.4 Å². The molecule has 9 heteroatoms. The van der Waals surface area contributed by atoms with Crippen molar-refractivity contribution >= 4 is 34.0 Å². The van der Waals surface area contributed by atoms with Gasteiger partial charge in [-0.1, -0.05) is 17.7 Å². The number of anilines is 2. The Kier molecular flexibility index (Phi) is 5.06. The fraction of sp³-hybridized carbons (Fsp3) is 0.333. The lowest BCUT2D eigenvalue weighted by molar-refractivity contribution is 0.0271. The third-order valence-electron chi connectivity index (χ3n) is 5.23. The Balaban J connectivity index is 1.46. The maximum Gasteiger partial charge on any atom is 0.164 e. The lowest BCUT2D eigenvalue weighted by Gasteiger charge is -2.20. The molecule has 1 N–H and O–H groups in total. The molecule has 156 valence electrons. The van der Waals surface area contributed by atoms with Crippen molar-refractivity contribution in [2.75, 3.05) is 25.6 Å². The first-order chi connectivity index (χ1) is 14.6. The van der Waals surface area contributed by atoms with Gasteiger partial charge in [-0.25, -0.2) is 14.4 Å². The van der Waals surface area contributed by atoms with Crippen molar-refractivity contribution in [3.05, 3.63) is 47.7 Å². The number of hydrogen-bond donors (Lipinski definition) is 1. The van der Waals surface area contributed by atoms with Gasteiger partial charge in [0.25, 0.3) is 0 Å². The maximum absolute atomic E-state index is 13.8. The van der Waals surface area contributed by atoms with Crippen LogP contribution in [0.2, 0.25) is 5.02 Å². The van der Waals surface area contributed by atoms with Crippen LogP contribution in [0.5, 0.6) is 11.5 Å². The Morgan fingerprint density at radius 2 is 1.97 bits per heavy atom. The van der Waals surface area contributed by atoms with Crippen LogP contribution in [0.3, 0.4) is 0 Å². The molecular formula is C21H19ClFN3O4. The first-order valence-corrected chi connectivity index (χ1v) is 9.89. The van der Waals surface area contributed by atoms with Gasteiger partial charge in [-0.2, -0.15) is 0 Å². The van der Waals surface area contributed by atoms with Crippen LogP contribution in [-0.4, -0.2) is 54.8 Å². The van der Waals surface area contributed by atoms with Crippen molar-refractivity contribution in [3.8, 4) is 11.5 Å². The van der Waals surface area contributed by atoms with Crippen molar-refractivity contribution < 1.29 is 23.3 Å². The number of ether oxygens (including phenoxy) is 4. The van der Waals surface area contributed by atoms with Crippen LogP contribution in [0.15, 0.2) is 42.7 Å². The molecule has 7 nitrogen and oxygen atoms in total. The number of alkyl halides is 1. The molecule has 1 aromatic heterocycles. The van der Waals surface area contributed by atoms with Crippen molar-refractivity contribution in [1.82, 2.24) is 9.97 Å². The van der Waals surface area contributed by atoms with Crippen LogP contribution in [0, 0.1) is 0 Å². The average molecular weight is 432 g/mol. The molecule has 0 aliphatic carbocycles. The fourth-order valence-corrected chi connectivity index (χ4v) is 3.99. The quantitative estimate of drug-likeness (QED) is 0.656. The Morgan fingerprint density at radius 1 is 1.10 bits per heavy atom. The lowest BCUT2D eigenvalue weighted by Crippen LogP contribution is -2.33. The molecule has 1 unspecified atom stereocenters. The van der Waals surface area contributed by atoms with Gasteiger partial charge in [0.2, 0.25) is 0 Å². The summed E-state index contributed by atoms with van der Waals surface area (Å²) in [6, 6.07) is 10.9. The summed E-state index contributed by atoms with van der Waals surface area (Å²) in [7, 11) is 1.56. The van der Waals surface area contributed by atoms with Crippen molar-refractivity contribution in [2.24, 2.45) is 0 Å². The fourth-order valence-electron chi connectivity index (χ4n) is 3.80. The van der Waals surface area contributed by atoms with Crippen LogP contribution in [0.25, 0.3) is 10.9 Å². The second-order valence-electron chi connectivity index (χ2n) is 7.15. The number of nitrogens with one attached hydrogen (secondary N) is 1. The molecule has 0 bridgehead atoms. The Labute approximate surface area is 177 Å². The van der Waals surface area contributed by atoms with Gasteiger partial charge in [-0.05, 0) is 24.3 Å². The van der Waals surface area contributed by atoms with Crippen molar-refractivity contribution in [1.29, 1.82) is 0 Å². The number of hydrogen-bond acceptors (Lipinski definition) is 7. The molecule has 2 saturated heterocycles. The van der Waals surface area contributed by atoms with E-state index in [4.69, 9.17) is 30.5 Å². The van der Waals surface area contributed by atoms with E-state index < -0.39 is 24.5 Å². The number of methoxy groups -OCH3 is 1. The zero-order chi connectivity index (χ0) is 20.7. The SMILES string of the molecule is COc1cc2c(Nc3cccc(Cl)c3)ncnc2cc1OC1CO[C@H]2[C@H](F)CO[C@@H]12. The van der Waals surface area contributed by atoms with Gasteiger partial charge in [-0.15, -0.1) is 0 Å². The molecule has 2 aromatic carbocycles. The predicted molar refractivity (Wildman–Crippen MR) is 110 cm³/mol. The zero-order valence-electron chi connectivity index (χ0n) is 16.0. The van der Waals surface area contributed by atoms with Crippen molar-refractivity contribution in [2.45, 2.75) is 24.5 Å². The molecule has 30 heavy (non-hydrogen) atoms. The minimum Gasteiger partial charge on any atom is -0.493 e. The molecule has 0 saturated carbocycles. The first-order valence-electron chi connectivity index (χ1n) is 9.51. The number of halogens is 2. The Hall–Kier alpha value is -2.68. The predicted octanol–water partition coefficient (Wildman–Crippen LogP) is 3.92. The molecule has 2 aliphatic rings. The zero-order valence-corrected chi connectivity index (χ0v) is 16.8. The van der Waals surface area contributed by atoms with Gasteiger partial charge in [0.15, 0.2) is 23.8 Å². The van der Waals surface area contributed by atoms with E-state index >= 15 is 0 Å². The minimum atomic E-state index is -1.13. The summed E-state index contributed by atoms with van der Waals surface area (Å²) in [5.41, 5.74) is 1.46. The molecule has 4 atom stereocenters. The van der Waals surface area contributed by atoms with Crippen LogP contribution in [-0.2, 0) is 9.47 Å². The number of fused-ring (bicyclic) bond motifs is 2. The smallest absolute Gasteiger partial charge is 0.164 e. The number of rotatable bonds is 5. The van der Waals surface area contributed by atoms with E-state index in [-0.39, 0.29) is 13.2 Å². The summed E-state index contributed by atoms with van der Waals surface area (Å²) in [4.78, 5) is 8.70. The van der Waals surface area contributed by atoms with Crippen LogP contribution >= 0.6 is 11.6 Å². The minimum absolute atomic E-state index is 0.0236. The maximum atomic E-state index is 13.8. The average Bonchev–Trinajstić information content (AvgIpc) is 3.31. The third kappa shape index (κ3) is 3.51. The molecule has 2 fully saturated rings. The van der Waals surface area contributed by atoms with Gasteiger partial charge in [-0.3, -0.25) is 0 Å². The second kappa shape index (κ2) is 7.86. The highest BCUT2D eigenvalue weighted by molar-refractivity contribution is 6.30. The lowest BCUT2D eigenvalue weighted by atomic mass is 10.1. The van der Waals surface area contributed by atoms with E-state index in [1.165, 1.54) is 6.33 Å². The molecule has 3 aromatic rings. The summed E-state index contributed by atoms with van der Waals surface area (Å²) in [6.45, 7) is 0.276. The van der Waals surface area contributed by atoms with E-state index in [2.05, 4.69) is 15.3 Å². The van der Waals surface area contributed by atoms with E-state index in [0.717, 1.165) is 11.1 Å². The third-order valence-corrected chi connectivity index (χ3v) is 5.47. The summed E-state index contributed by atoms with van der Waals surface area (Å²) in [6.07, 6.45) is -1.11. The monoisotopic (exact) mass is 431 g/mol. The van der Waals surface area contributed by atoms with E-state index in [1.807, 2.05) is 12.1 Å². The molecule has 3 heterocycles. The summed E-state index contributed by atoms with van der Waals surface area (Å²) >= 11 is 6.07. The molecule has 2 aliphatic heterocycles. The van der Waals surface area contributed by atoms with Gasteiger partial charge >= 0.3 is 0 Å². The van der Waals surface area contributed by atoms with Crippen LogP contribution in [0.1, 0.15) is 0 Å². The van der Waals surface area contributed by atoms with E-state index in [0.29, 0.717) is 27.9 Å². The van der Waals surface area contributed by atoms with Gasteiger partial charge in [0.1, 0.15) is 24.4 Å². The molecular weight excluding hydrogens is 413 g/mol. The van der Waals surface area contributed by atoms with Crippen LogP contribution < -0.4 is 14.8 Å². The largest absolute Gasteiger partial charge is 0.493 e. The molecule has 0 radical (unpaired) electrons. The summed E-state index contributed by atoms with van der Waals surface area (Å²) in [5, 5.41) is 4.62. The highest BCUT2D eigenvalue weighted by Gasteiger charge is 2.49. The standard InChI is InChI=1S/C21H19ClFN3O4/c1-27-16-6-13-15(24-10-25-21(13)26-12-4-2-3-11(22)5-12)7-17(16)30-18-9-29-19-14(23)8-28-20(18)19/h2-7,10,14,18-20H,8-9H2,1H3,(H,24,25,26)/t14-,18?,19+,20+/m1/s1. The highest BCUT2D eigenvalue weighted by Crippen LogP contribution is 2.38. The summed E-state index contributed by atoms with van der Waals surface area (Å²) in [5.74, 6) is 1.60. The number of nitrogens with zero attached hydrogens (tertiary/aromatic N) is 2. The topological polar surface area (TPSA) is 74.7 Å². The first kappa shape index (κ1) is 19.3. The van der Waals surface area contributed by atoms with Gasteiger partial charge < -0.3 is 24.3 Å². The normalized spacial score (nSPS) is 25.3. The molecule has 0 spiro atoms. The Morgan fingerprint density at radius 3 is 2.80 bits per heavy atom. The van der Waals surface area contributed by atoms with Gasteiger partial charge in [0, 0.05) is 22.2 Å². The highest BCUT2D eigenvalue weighted by atomic mass is 35.5. The van der Waals surface area contributed by atoms with Gasteiger partial charge in [0.05, 0.1) is 25.8 Å². The Bertz CT molecular complexity index is 1090. The number of aromatic nitrogens is 2. The van der Waals surface area contributed by atoms with Crippen molar-refractivity contribution in [3.63, 3.8) is 0 Å². The molecule has 0 amide bonds. The second-order valence-corrected chi connectivity index (χ2v) is 7.58. The summed E-state index contributed by atoms with van der Waals surface area (Å²) < 4.78 is 36.5. The number of benzene rings is 2. The van der Waals surface area contributed by atoms with Crippen LogP contribution in [0.4, 0.5) is 15.9 Å².